The highest BCUT2D eigenvalue weighted by Crippen LogP contribution is 2.24. The second kappa shape index (κ2) is 7.77. The molecule has 0 radical (unpaired) electrons. The smallest absolute Gasteiger partial charge is 0.220 e. The van der Waals surface area contributed by atoms with Gasteiger partial charge in [0.15, 0.2) is 0 Å². The maximum absolute atomic E-state index is 12.0. The van der Waals surface area contributed by atoms with Gasteiger partial charge in [0.05, 0.1) is 7.11 Å². The fourth-order valence-electron chi connectivity index (χ4n) is 2.36. The van der Waals surface area contributed by atoms with E-state index in [0.29, 0.717) is 19.4 Å². The monoisotopic (exact) mass is 312 g/mol. The zero-order valence-electron chi connectivity index (χ0n) is 14.0. The first-order valence-electron chi connectivity index (χ1n) is 7.81. The lowest BCUT2D eigenvalue weighted by Gasteiger charge is -2.26. The number of hydrogen-bond acceptors (Lipinski definition) is 3. The van der Waals surface area contributed by atoms with Crippen molar-refractivity contribution in [1.82, 2.24) is 10.3 Å². The molecule has 1 amide bonds. The first-order chi connectivity index (χ1) is 11.0. The third-order valence-electron chi connectivity index (χ3n) is 3.96. The summed E-state index contributed by atoms with van der Waals surface area (Å²) in [6.07, 6.45) is 4.72. The Morgan fingerprint density at radius 3 is 2.57 bits per heavy atom. The van der Waals surface area contributed by atoms with Crippen molar-refractivity contribution in [2.24, 2.45) is 0 Å². The number of carbonyl (C=O) groups is 1. The molecule has 0 bridgehead atoms. The van der Waals surface area contributed by atoms with Gasteiger partial charge in [-0.15, -0.1) is 0 Å². The highest BCUT2D eigenvalue weighted by atomic mass is 16.5. The van der Waals surface area contributed by atoms with E-state index in [4.69, 9.17) is 4.74 Å². The van der Waals surface area contributed by atoms with Gasteiger partial charge in [0.1, 0.15) is 5.75 Å². The summed E-state index contributed by atoms with van der Waals surface area (Å²) in [6, 6.07) is 11.9. The number of ether oxygens (including phenoxy) is 1. The third-order valence-corrected chi connectivity index (χ3v) is 3.96. The Morgan fingerprint density at radius 1 is 1.22 bits per heavy atom. The minimum Gasteiger partial charge on any atom is -0.497 e. The normalized spacial score (nSPS) is 11.1. The summed E-state index contributed by atoms with van der Waals surface area (Å²) in [5.74, 6) is 0.903. The van der Waals surface area contributed by atoms with Gasteiger partial charge >= 0.3 is 0 Å². The van der Waals surface area contributed by atoms with Gasteiger partial charge in [-0.1, -0.05) is 32.0 Å². The van der Waals surface area contributed by atoms with Crippen molar-refractivity contribution < 1.29 is 9.53 Å². The summed E-state index contributed by atoms with van der Waals surface area (Å²) in [7, 11) is 1.66. The Morgan fingerprint density at radius 2 is 1.96 bits per heavy atom. The van der Waals surface area contributed by atoms with Crippen LogP contribution in [-0.4, -0.2) is 24.5 Å². The highest BCUT2D eigenvalue weighted by molar-refractivity contribution is 5.76. The van der Waals surface area contributed by atoms with Gasteiger partial charge in [0.2, 0.25) is 5.91 Å². The summed E-state index contributed by atoms with van der Waals surface area (Å²) >= 11 is 0. The van der Waals surface area contributed by atoms with Crippen molar-refractivity contribution in [3.63, 3.8) is 0 Å². The van der Waals surface area contributed by atoms with Crippen molar-refractivity contribution >= 4 is 5.91 Å². The van der Waals surface area contributed by atoms with Crippen LogP contribution in [0.4, 0.5) is 0 Å². The van der Waals surface area contributed by atoms with Crippen molar-refractivity contribution in [2.45, 2.75) is 32.1 Å². The van der Waals surface area contributed by atoms with Crippen LogP contribution in [0.15, 0.2) is 48.8 Å². The van der Waals surface area contributed by atoms with Crippen LogP contribution in [0.5, 0.6) is 5.75 Å². The molecule has 0 aliphatic heterocycles. The molecule has 2 rings (SSSR count). The number of nitrogens with zero attached hydrogens (tertiary/aromatic N) is 1. The zero-order valence-corrected chi connectivity index (χ0v) is 14.0. The Hall–Kier alpha value is -2.36. The summed E-state index contributed by atoms with van der Waals surface area (Å²) in [4.78, 5) is 16.1. The SMILES string of the molecule is COc1ccc(C(C)(C)CNC(=O)CCc2cccnc2)cc1. The van der Waals surface area contributed by atoms with E-state index in [9.17, 15) is 4.79 Å². The number of carbonyl (C=O) groups excluding carboxylic acids is 1. The molecule has 1 N–H and O–H groups in total. The van der Waals surface area contributed by atoms with Crippen LogP contribution >= 0.6 is 0 Å². The first kappa shape index (κ1) is 17.0. The largest absolute Gasteiger partial charge is 0.497 e. The maximum Gasteiger partial charge on any atom is 0.220 e. The third kappa shape index (κ3) is 5.09. The van der Waals surface area contributed by atoms with E-state index >= 15 is 0 Å². The van der Waals surface area contributed by atoms with Gasteiger partial charge in [-0.05, 0) is 35.7 Å². The van der Waals surface area contributed by atoms with E-state index in [2.05, 4.69) is 24.1 Å². The van der Waals surface area contributed by atoms with Crippen molar-refractivity contribution in [3.8, 4) is 5.75 Å². The van der Waals surface area contributed by atoms with E-state index in [1.165, 1.54) is 5.56 Å². The Balaban J connectivity index is 1.84. The zero-order chi connectivity index (χ0) is 16.7. The molecular formula is C19H24N2O2. The summed E-state index contributed by atoms with van der Waals surface area (Å²) < 4.78 is 5.18. The van der Waals surface area contributed by atoms with Gasteiger partial charge in [-0.2, -0.15) is 0 Å². The number of pyridine rings is 1. The maximum atomic E-state index is 12.0. The molecule has 0 aliphatic carbocycles. The van der Waals surface area contributed by atoms with Gasteiger partial charge < -0.3 is 10.1 Å². The van der Waals surface area contributed by atoms with E-state index in [1.54, 1.807) is 19.5 Å². The molecular weight excluding hydrogens is 288 g/mol. The minimum absolute atomic E-state index is 0.0652. The van der Waals surface area contributed by atoms with Crippen molar-refractivity contribution in [3.05, 3.63) is 59.9 Å². The molecule has 0 spiro atoms. The minimum atomic E-state index is -0.129. The summed E-state index contributed by atoms with van der Waals surface area (Å²) in [5.41, 5.74) is 2.12. The highest BCUT2D eigenvalue weighted by Gasteiger charge is 2.21. The Kier molecular flexibility index (Phi) is 5.74. The van der Waals surface area contributed by atoms with Crippen LogP contribution in [0.25, 0.3) is 0 Å². The van der Waals surface area contributed by atoms with Crippen molar-refractivity contribution in [2.75, 3.05) is 13.7 Å². The van der Waals surface area contributed by atoms with E-state index < -0.39 is 0 Å². The second-order valence-electron chi connectivity index (χ2n) is 6.25. The van der Waals surface area contributed by atoms with E-state index in [1.807, 2.05) is 36.4 Å². The quantitative estimate of drug-likeness (QED) is 0.854. The second-order valence-corrected chi connectivity index (χ2v) is 6.25. The van der Waals surface area contributed by atoms with Gasteiger partial charge in [-0.25, -0.2) is 0 Å². The average Bonchev–Trinajstić information content (AvgIpc) is 2.59. The molecule has 1 heterocycles. The first-order valence-corrected chi connectivity index (χ1v) is 7.81. The van der Waals surface area contributed by atoms with Gasteiger partial charge in [0, 0.05) is 30.8 Å². The molecule has 1 aromatic carbocycles. The average molecular weight is 312 g/mol. The standard InChI is InChI=1S/C19H24N2O2/c1-19(2,16-7-9-17(23-3)10-8-16)14-21-18(22)11-6-15-5-4-12-20-13-15/h4-5,7-10,12-13H,6,11,14H2,1-3H3,(H,21,22). The molecule has 0 atom stereocenters. The van der Waals surface area contributed by atoms with Gasteiger partial charge in [-0.3, -0.25) is 9.78 Å². The number of aromatic nitrogens is 1. The number of nitrogens with one attached hydrogen (secondary N) is 1. The Labute approximate surface area is 137 Å². The Bertz CT molecular complexity index is 622. The number of amides is 1. The molecule has 0 fully saturated rings. The molecule has 23 heavy (non-hydrogen) atoms. The molecule has 0 saturated heterocycles. The van der Waals surface area contributed by atoms with Gasteiger partial charge in [0.25, 0.3) is 0 Å². The molecule has 0 saturated carbocycles. The summed E-state index contributed by atoms with van der Waals surface area (Å²) in [6.45, 7) is 4.84. The molecule has 2 aromatic rings. The van der Waals surface area contributed by atoms with Crippen LogP contribution in [0.3, 0.4) is 0 Å². The predicted octanol–water partition coefficient (Wildman–Crippen LogP) is 3.12. The number of benzene rings is 1. The molecule has 4 nitrogen and oxygen atoms in total. The number of hydrogen-bond donors (Lipinski definition) is 1. The fraction of sp³-hybridized carbons (Fsp3) is 0.368. The van der Waals surface area contributed by atoms with Crippen molar-refractivity contribution in [1.29, 1.82) is 0 Å². The van der Waals surface area contributed by atoms with Crippen LogP contribution < -0.4 is 10.1 Å². The number of methoxy groups -OCH3 is 1. The lowest BCUT2D eigenvalue weighted by molar-refractivity contribution is -0.121. The topological polar surface area (TPSA) is 51.2 Å². The van der Waals surface area contributed by atoms with E-state index in [-0.39, 0.29) is 11.3 Å². The number of rotatable bonds is 7. The lowest BCUT2D eigenvalue weighted by atomic mass is 9.84. The van der Waals surface area contributed by atoms with E-state index in [0.717, 1.165) is 11.3 Å². The lowest BCUT2D eigenvalue weighted by Crippen LogP contribution is -2.36. The molecule has 122 valence electrons. The fourth-order valence-corrected chi connectivity index (χ4v) is 2.36. The van der Waals surface area contributed by atoms with Crippen LogP contribution in [0, 0.1) is 0 Å². The summed E-state index contributed by atoms with van der Waals surface area (Å²) in [5, 5.41) is 3.03. The molecule has 4 heteroatoms. The van der Waals surface area contributed by atoms with Crippen LogP contribution in [0.2, 0.25) is 0 Å². The molecule has 0 aliphatic rings. The predicted molar refractivity (Wildman–Crippen MR) is 91.6 cm³/mol. The number of aryl methyl sites for hydroxylation is 1. The molecule has 0 unspecified atom stereocenters. The van der Waals surface area contributed by atoms with Crippen LogP contribution in [-0.2, 0) is 16.6 Å². The van der Waals surface area contributed by atoms with Crippen LogP contribution in [0.1, 0.15) is 31.4 Å². The molecule has 1 aromatic heterocycles.